The summed E-state index contributed by atoms with van der Waals surface area (Å²) in [5.41, 5.74) is 8.10. The number of amides is 1. The molecule has 1 amide bonds. The molecule has 0 aliphatic heterocycles. The van der Waals surface area contributed by atoms with Crippen LogP contribution in [0.5, 0.6) is 0 Å². The van der Waals surface area contributed by atoms with Crippen molar-refractivity contribution in [1.82, 2.24) is 19.5 Å². The van der Waals surface area contributed by atoms with Crippen molar-refractivity contribution in [3.8, 4) is 11.4 Å². The molecular formula is C26H19F3N6O. The molecule has 5 rings (SSSR count). The lowest BCUT2D eigenvalue weighted by molar-refractivity contribution is -0.137. The average Bonchev–Trinajstić information content (AvgIpc) is 3.27. The van der Waals surface area contributed by atoms with Crippen LogP contribution in [-0.4, -0.2) is 25.4 Å². The molecule has 0 atom stereocenters. The second-order valence-electron chi connectivity index (χ2n) is 8.07. The van der Waals surface area contributed by atoms with E-state index in [1.165, 1.54) is 12.1 Å². The zero-order valence-corrected chi connectivity index (χ0v) is 18.7. The normalized spacial score (nSPS) is 11.5. The summed E-state index contributed by atoms with van der Waals surface area (Å²) >= 11 is 0. The highest BCUT2D eigenvalue weighted by Crippen LogP contribution is 2.30. The Morgan fingerprint density at radius 2 is 1.61 bits per heavy atom. The third kappa shape index (κ3) is 4.74. The number of para-hydroxylation sites is 1. The summed E-state index contributed by atoms with van der Waals surface area (Å²) in [6.07, 6.45) is -2.82. The summed E-state index contributed by atoms with van der Waals surface area (Å²) in [6, 6.07) is 21.0. The summed E-state index contributed by atoms with van der Waals surface area (Å²) in [5, 5.41) is 3.26. The van der Waals surface area contributed by atoms with Gasteiger partial charge in [0.15, 0.2) is 22.8 Å². The Kier molecular flexibility index (Phi) is 5.85. The number of nitrogens with one attached hydrogen (secondary N) is 1. The maximum atomic E-state index is 12.9. The van der Waals surface area contributed by atoms with Gasteiger partial charge in [0.1, 0.15) is 0 Å². The molecule has 3 N–H and O–H groups in total. The molecule has 0 fully saturated rings. The van der Waals surface area contributed by atoms with Crippen molar-refractivity contribution in [1.29, 1.82) is 0 Å². The monoisotopic (exact) mass is 488 g/mol. The Balaban J connectivity index is 1.57. The van der Waals surface area contributed by atoms with Gasteiger partial charge in [0.25, 0.3) is 0 Å². The molecule has 180 valence electrons. The number of hydrogen-bond acceptors (Lipinski definition) is 5. The van der Waals surface area contributed by atoms with Crippen molar-refractivity contribution in [2.45, 2.75) is 12.7 Å². The van der Waals surface area contributed by atoms with E-state index in [1.807, 2.05) is 30.3 Å². The number of hydrogen-bond donors (Lipinski definition) is 2. The van der Waals surface area contributed by atoms with Gasteiger partial charge in [-0.2, -0.15) is 13.2 Å². The molecular weight excluding hydrogens is 469 g/mol. The lowest BCUT2D eigenvalue weighted by Gasteiger charge is -2.11. The number of aromatic nitrogens is 4. The quantitative estimate of drug-likeness (QED) is 0.333. The topological polar surface area (TPSA) is 98.7 Å². The minimum atomic E-state index is -4.40. The summed E-state index contributed by atoms with van der Waals surface area (Å²) in [6.45, 7) is 0.260. The second kappa shape index (κ2) is 9.14. The van der Waals surface area contributed by atoms with Crippen LogP contribution in [0, 0.1) is 0 Å². The first-order chi connectivity index (χ1) is 17.3. The minimum absolute atomic E-state index is 0.260. The fourth-order valence-electron chi connectivity index (χ4n) is 3.71. The van der Waals surface area contributed by atoms with Crippen LogP contribution in [0.25, 0.3) is 22.6 Å². The van der Waals surface area contributed by atoms with Gasteiger partial charge in [0.2, 0.25) is 5.91 Å². The molecule has 7 nitrogen and oxygen atoms in total. The fraction of sp³-hybridized carbons (Fsp3) is 0.0769. The largest absolute Gasteiger partial charge is 0.416 e. The van der Waals surface area contributed by atoms with Crippen LogP contribution in [0.1, 0.15) is 21.5 Å². The maximum Gasteiger partial charge on any atom is 0.416 e. The summed E-state index contributed by atoms with van der Waals surface area (Å²) < 4.78 is 40.6. The SMILES string of the molecule is NC(=O)c1ccc(-c2nc(Nc3ccccc3)c3ncn(Cc4ccc(C(F)(F)F)cc4)c3n2)cc1. The van der Waals surface area contributed by atoms with Crippen LogP contribution >= 0.6 is 0 Å². The molecule has 0 aliphatic carbocycles. The summed E-state index contributed by atoms with van der Waals surface area (Å²) in [4.78, 5) is 25.3. The molecule has 3 aromatic carbocycles. The molecule has 10 heteroatoms. The molecule has 2 aromatic heterocycles. The van der Waals surface area contributed by atoms with Crippen LogP contribution in [0.15, 0.2) is 85.2 Å². The standard InChI is InChI=1S/C26H19F3N6O/c27-26(28,29)19-12-6-16(7-13-19)14-35-15-31-21-24(32-20-4-2-1-3-5-20)33-23(34-25(21)35)18-10-8-17(9-11-18)22(30)36/h1-13,15H,14H2,(H2,30,36)(H,32,33,34). The van der Waals surface area contributed by atoms with E-state index in [1.54, 1.807) is 35.2 Å². The zero-order chi connectivity index (χ0) is 25.3. The zero-order valence-electron chi connectivity index (χ0n) is 18.7. The van der Waals surface area contributed by atoms with E-state index >= 15 is 0 Å². The maximum absolute atomic E-state index is 12.9. The number of fused-ring (bicyclic) bond motifs is 1. The Labute approximate surface area is 203 Å². The smallest absolute Gasteiger partial charge is 0.366 e. The van der Waals surface area contributed by atoms with Crippen LogP contribution in [0.2, 0.25) is 0 Å². The van der Waals surface area contributed by atoms with E-state index < -0.39 is 17.6 Å². The first-order valence-corrected chi connectivity index (χ1v) is 10.9. The number of rotatable bonds is 6. The predicted molar refractivity (Wildman–Crippen MR) is 130 cm³/mol. The highest BCUT2D eigenvalue weighted by Gasteiger charge is 2.30. The summed E-state index contributed by atoms with van der Waals surface area (Å²) in [7, 11) is 0. The van der Waals surface area contributed by atoms with Crippen molar-refractivity contribution in [3.63, 3.8) is 0 Å². The van der Waals surface area contributed by atoms with Crippen molar-refractivity contribution in [2.75, 3.05) is 5.32 Å². The Hall–Kier alpha value is -4.73. The van der Waals surface area contributed by atoms with Crippen LogP contribution in [0.4, 0.5) is 24.7 Å². The average molecular weight is 488 g/mol. The molecule has 5 aromatic rings. The third-order valence-corrected chi connectivity index (χ3v) is 5.56. The second-order valence-corrected chi connectivity index (χ2v) is 8.07. The van der Waals surface area contributed by atoms with Crippen molar-refractivity contribution >= 4 is 28.6 Å². The molecule has 36 heavy (non-hydrogen) atoms. The van der Waals surface area contributed by atoms with Crippen molar-refractivity contribution in [3.05, 3.63) is 102 Å². The molecule has 0 radical (unpaired) electrons. The van der Waals surface area contributed by atoms with Crippen molar-refractivity contribution < 1.29 is 18.0 Å². The van der Waals surface area contributed by atoms with Gasteiger partial charge in [-0.1, -0.05) is 42.5 Å². The van der Waals surface area contributed by atoms with Crippen molar-refractivity contribution in [2.24, 2.45) is 5.73 Å². The minimum Gasteiger partial charge on any atom is -0.366 e. The third-order valence-electron chi connectivity index (χ3n) is 5.56. The molecule has 0 unspecified atom stereocenters. The lowest BCUT2D eigenvalue weighted by atomic mass is 10.1. The van der Waals surface area contributed by atoms with Gasteiger partial charge in [-0.3, -0.25) is 4.79 Å². The first-order valence-electron chi connectivity index (χ1n) is 10.9. The molecule has 2 heterocycles. The number of benzene rings is 3. The van der Waals surface area contributed by atoms with E-state index in [9.17, 15) is 18.0 Å². The van der Waals surface area contributed by atoms with E-state index in [0.29, 0.717) is 39.5 Å². The molecule has 0 bridgehead atoms. The Morgan fingerprint density at radius 1 is 0.917 bits per heavy atom. The highest BCUT2D eigenvalue weighted by atomic mass is 19.4. The van der Waals surface area contributed by atoms with Gasteiger partial charge in [0, 0.05) is 16.8 Å². The van der Waals surface area contributed by atoms with E-state index in [-0.39, 0.29) is 6.54 Å². The molecule has 0 spiro atoms. The van der Waals surface area contributed by atoms with Crippen LogP contribution in [0.3, 0.4) is 0 Å². The lowest BCUT2D eigenvalue weighted by Crippen LogP contribution is -2.10. The summed E-state index contributed by atoms with van der Waals surface area (Å²) in [5.74, 6) is 0.302. The number of alkyl halides is 3. The number of primary amides is 1. The van der Waals surface area contributed by atoms with Crippen LogP contribution < -0.4 is 11.1 Å². The predicted octanol–water partition coefficient (Wildman–Crippen LogP) is 5.40. The number of carbonyl (C=O) groups is 1. The fourth-order valence-corrected chi connectivity index (χ4v) is 3.71. The van der Waals surface area contributed by atoms with Crippen LogP contribution in [-0.2, 0) is 12.7 Å². The van der Waals surface area contributed by atoms with Gasteiger partial charge >= 0.3 is 6.18 Å². The molecule has 0 aliphatic rings. The number of nitrogens with two attached hydrogens (primary N) is 1. The number of halogens is 3. The van der Waals surface area contributed by atoms with E-state index in [4.69, 9.17) is 5.73 Å². The first kappa shape index (κ1) is 23.0. The van der Waals surface area contributed by atoms with Gasteiger partial charge in [-0.25, -0.2) is 15.0 Å². The molecule has 0 saturated heterocycles. The number of imidazole rings is 1. The highest BCUT2D eigenvalue weighted by molar-refractivity contribution is 5.93. The van der Waals surface area contributed by atoms with Gasteiger partial charge in [-0.15, -0.1) is 0 Å². The Morgan fingerprint density at radius 3 is 2.25 bits per heavy atom. The Bertz CT molecular complexity index is 1530. The van der Waals surface area contributed by atoms with Gasteiger partial charge < -0.3 is 15.6 Å². The number of anilines is 2. The number of carbonyl (C=O) groups excluding carboxylic acids is 1. The number of nitrogens with zero attached hydrogens (tertiary/aromatic N) is 4. The van der Waals surface area contributed by atoms with Gasteiger partial charge in [-0.05, 0) is 42.0 Å². The van der Waals surface area contributed by atoms with E-state index in [2.05, 4.69) is 20.3 Å². The van der Waals surface area contributed by atoms with Gasteiger partial charge in [0.05, 0.1) is 18.4 Å². The molecule has 0 saturated carbocycles. The van der Waals surface area contributed by atoms with E-state index in [0.717, 1.165) is 17.8 Å².